The molecule has 1 rings (SSSR count). The van der Waals surface area contributed by atoms with E-state index in [0.29, 0.717) is 4.46 Å². The number of rotatable bonds is 1. The molecular formula is C8H9F3Se. The van der Waals surface area contributed by atoms with Gasteiger partial charge in [-0.2, -0.15) is 0 Å². The van der Waals surface area contributed by atoms with Gasteiger partial charge in [-0.25, -0.2) is 0 Å². The fourth-order valence-electron chi connectivity index (χ4n) is 0.798. The second-order valence-electron chi connectivity index (χ2n) is 2.36. The Morgan fingerprint density at radius 1 is 1.08 bits per heavy atom. The van der Waals surface area contributed by atoms with Gasteiger partial charge < -0.3 is 0 Å². The quantitative estimate of drug-likeness (QED) is 0.658. The van der Waals surface area contributed by atoms with Crippen LogP contribution in [0, 0.1) is 0 Å². The molecule has 0 N–H and O–H groups in total. The molecule has 0 radical (unpaired) electrons. The normalized spacial score (nSPS) is 15.8. The molecule has 1 aromatic rings. The topological polar surface area (TPSA) is 0 Å². The average Bonchev–Trinajstić information content (AvgIpc) is 2.03. The van der Waals surface area contributed by atoms with Crippen molar-refractivity contribution in [3.05, 3.63) is 30.3 Å². The molecule has 0 spiro atoms. The Hall–Kier alpha value is -0.471. The van der Waals surface area contributed by atoms with E-state index >= 15 is 0 Å². The van der Waals surface area contributed by atoms with Gasteiger partial charge in [-0.05, 0) is 0 Å². The van der Waals surface area contributed by atoms with Crippen molar-refractivity contribution in [1.29, 1.82) is 0 Å². The van der Waals surface area contributed by atoms with E-state index in [1.165, 1.54) is 5.82 Å². The molecule has 0 nitrogen and oxygen atoms in total. The number of hydrogen-bond donors (Lipinski definition) is 0. The molecule has 1 unspecified atom stereocenters. The summed E-state index contributed by atoms with van der Waals surface area (Å²) in [4.78, 5) is 0. The van der Waals surface area contributed by atoms with Crippen molar-refractivity contribution in [2.75, 3.05) is 0 Å². The van der Waals surface area contributed by atoms with Crippen molar-refractivity contribution in [2.24, 2.45) is 0 Å². The van der Waals surface area contributed by atoms with Gasteiger partial charge in [0.2, 0.25) is 0 Å². The molecule has 0 amide bonds. The third kappa shape index (κ3) is 2.26. The first kappa shape index (κ1) is 9.62. The van der Waals surface area contributed by atoms with E-state index in [-0.39, 0.29) is 0 Å². The molecule has 1 aromatic carbocycles. The third-order valence-corrected chi connectivity index (χ3v) is 5.37. The number of hydrogen-bond acceptors (Lipinski definition) is 0. The summed E-state index contributed by atoms with van der Waals surface area (Å²) in [6, 6.07) is 8.11. The van der Waals surface area contributed by atoms with Gasteiger partial charge in [-0.3, -0.25) is 0 Å². The maximum atomic E-state index is 12.2. The van der Waals surface area contributed by atoms with Crippen LogP contribution in [-0.4, -0.2) is 19.0 Å². The van der Waals surface area contributed by atoms with Crippen LogP contribution in [0.3, 0.4) is 0 Å². The zero-order valence-corrected chi connectivity index (χ0v) is 8.34. The van der Waals surface area contributed by atoms with Crippen LogP contribution >= 0.6 is 0 Å². The summed E-state index contributed by atoms with van der Waals surface area (Å²) in [5, 5.41) is -3.99. The molecule has 0 heterocycles. The molecule has 0 saturated heterocycles. The molecule has 0 saturated carbocycles. The van der Waals surface area contributed by atoms with Crippen molar-refractivity contribution in [1.82, 2.24) is 0 Å². The Kier molecular flexibility index (Phi) is 2.80. The van der Waals surface area contributed by atoms with Crippen molar-refractivity contribution < 1.29 is 13.2 Å². The van der Waals surface area contributed by atoms with E-state index in [4.69, 9.17) is 0 Å². The van der Waals surface area contributed by atoms with Gasteiger partial charge >= 0.3 is 72.8 Å². The molecule has 12 heavy (non-hydrogen) atoms. The van der Waals surface area contributed by atoms with Crippen LogP contribution in [0.2, 0.25) is 5.82 Å². The van der Waals surface area contributed by atoms with E-state index in [0.717, 1.165) is 0 Å². The summed E-state index contributed by atoms with van der Waals surface area (Å²) in [6.45, 7) is 0. The van der Waals surface area contributed by atoms with Crippen LogP contribution in [-0.2, 0) is 0 Å². The van der Waals surface area contributed by atoms with Gasteiger partial charge in [0, 0.05) is 0 Å². The number of alkyl halides is 3. The van der Waals surface area contributed by atoms with E-state index in [1.54, 1.807) is 30.3 Å². The maximum absolute atomic E-state index is 12.2. The summed E-state index contributed by atoms with van der Waals surface area (Å²) in [6.07, 6.45) is 0. The van der Waals surface area contributed by atoms with Gasteiger partial charge in [0.15, 0.2) is 0 Å². The Bertz CT molecular complexity index is 242. The van der Waals surface area contributed by atoms with E-state index in [9.17, 15) is 13.2 Å². The van der Waals surface area contributed by atoms with Crippen LogP contribution in [0.4, 0.5) is 13.2 Å². The summed E-state index contributed by atoms with van der Waals surface area (Å²) >= 11 is -2.82. The van der Waals surface area contributed by atoms with Crippen molar-refractivity contribution >= 4 is 18.4 Å². The van der Waals surface area contributed by atoms with E-state index in [2.05, 4.69) is 0 Å². The van der Waals surface area contributed by atoms with Crippen LogP contribution in [0.5, 0.6) is 0 Å². The number of halogens is 3. The Balaban J connectivity index is 2.86. The molecule has 68 valence electrons. The first-order chi connectivity index (χ1) is 5.52. The number of benzene rings is 1. The zero-order chi connectivity index (χ0) is 9.19. The first-order valence-electron chi connectivity index (χ1n) is 3.37. The second-order valence-corrected chi connectivity index (χ2v) is 6.86. The fraction of sp³-hybridized carbons (Fsp3) is 0.250. The molecule has 4 heteroatoms. The van der Waals surface area contributed by atoms with Crippen LogP contribution in [0.25, 0.3) is 0 Å². The summed E-state index contributed by atoms with van der Waals surface area (Å²) < 4.78 is 37.1. The van der Waals surface area contributed by atoms with Crippen molar-refractivity contribution in [2.45, 2.75) is 10.9 Å². The minimum absolute atomic E-state index is 0.456. The standard InChI is InChI=1S/C8H9F3Se/c1-12(8(9,10)11)7-5-3-2-4-6-7/h2-6,12H,1H3. The Morgan fingerprint density at radius 2 is 1.58 bits per heavy atom. The third-order valence-electron chi connectivity index (χ3n) is 1.52. The van der Waals surface area contributed by atoms with Crippen molar-refractivity contribution in [3.63, 3.8) is 0 Å². The van der Waals surface area contributed by atoms with Gasteiger partial charge in [-0.15, -0.1) is 0 Å². The Morgan fingerprint density at radius 3 is 2.00 bits per heavy atom. The summed E-state index contributed by atoms with van der Waals surface area (Å²) in [7, 11) is 0. The molecule has 0 aliphatic rings. The van der Waals surface area contributed by atoms with Gasteiger partial charge in [0.1, 0.15) is 0 Å². The van der Waals surface area contributed by atoms with Gasteiger partial charge in [-0.1, -0.05) is 0 Å². The molecule has 0 aliphatic carbocycles. The average molecular weight is 241 g/mol. The summed E-state index contributed by atoms with van der Waals surface area (Å²) in [5.41, 5.74) is 0. The predicted octanol–water partition coefficient (Wildman–Crippen LogP) is 1.85. The first-order valence-corrected chi connectivity index (χ1v) is 7.13. The van der Waals surface area contributed by atoms with Crippen LogP contribution in [0.1, 0.15) is 0 Å². The summed E-state index contributed by atoms with van der Waals surface area (Å²) in [5.74, 6) is 1.31. The minimum atomic E-state index is -3.99. The van der Waals surface area contributed by atoms with Crippen LogP contribution in [0.15, 0.2) is 30.3 Å². The van der Waals surface area contributed by atoms with Gasteiger partial charge in [0.25, 0.3) is 0 Å². The molecule has 0 bridgehead atoms. The SMILES string of the molecule is C[SeH](c1ccccc1)C(F)(F)F. The van der Waals surface area contributed by atoms with Crippen molar-refractivity contribution in [3.8, 4) is 0 Å². The fourth-order valence-corrected chi connectivity index (χ4v) is 2.71. The zero-order valence-electron chi connectivity index (χ0n) is 6.47. The van der Waals surface area contributed by atoms with E-state index < -0.39 is 19.0 Å². The van der Waals surface area contributed by atoms with Crippen LogP contribution < -0.4 is 4.46 Å². The Labute approximate surface area is 73.3 Å². The molecular weight excluding hydrogens is 232 g/mol. The monoisotopic (exact) mass is 242 g/mol. The van der Waals surface area contributed by atoms with Gasteiger partial charge in [0.05, 0.1) is 0 Å². The molecule has 0 fully saturated rings. The second kappa shape index (κ2) is 3.50. The molecule has 1 atom stereocenters. The molecule has 0 aliphatic heterocycles. The van der Waals surface area contributed by atoms with E-state index in [1.807, 2.05) is 0 Å². The molecule has 0 aromatic heterocycles. The predicted molar refractivity (Wildman–Crippen MR) is 45.1 cm³/mol.